The van der Waals surface area contributed by atoms with Crippen molar-refractivity contribution in [2.75, 3.05) is 5.75 Å². The fourth-order valence-corrected chi connectivity index (χ4v) is 3.73. The lowest BCUT2D eigenvalue weighted by molar-refractivity contribution is -0.118. The molecule has 0 aliphatic heterocycles. The predicted molar refractivity (Wildman–Crippen MR) is 118 cm³/mol. The van der Waals surface area contributed by atoms with E-state index < -0.39 is 0 Å². The van der Waals surface area contributed by atoms with Gasteiger partial charge in [-0.2, -0.15) is 5.10 Å². The first-order valence-corrected chi connectivity index (χ1v) is 10.5. The van der Waals surface area contributed by atoms with Gasteiger partial charge in [0.15, 0.2) is 10.8 Å². The highest BCUT2D eigenvalue weighted by atomic mass is 35.5. The first-order chi connectivity index (χ1) is 14.5. The molecule has 7 nitrogen and oxygen atoms in total. The van der Waals surface area contributed by atoms with E-state index in [1.54, 1.807) is 22.9 Å². The fraction of sp³-hybridized carbons (Fsp3) is 0.143. The molecule has 2 heterocycles. The summed E-state index contributed by atoms with van der Waals surface area (Å²) in [5.74, 6) is -0.0160. The van der Waals surface area contributed by atoms with Crippen LogP contribution in [0.3, 0.4) is 0 Å². The zero-order chi connectivity index (χ0) is 21.1. The molecule has 4 rings (SSSR count). The first kappa shape index (κ1) is 20.2. The van der Waals surface area contributed by atoms with Gasteiger partial charge in [0.2, 0.25) is 5.91 Å². The van der Waals surface area contributed by atoms with Crippen molar-refractivity contribution in [1.82, 2.24) is 25.1 Å². The summed E-state index contributed by atoms with van der Waals surface area (Å²) in [7, 11) is 0. The predicted octanol–water partition coefficient (Wildman–Crippen LogP) is 3.48. The van der Waals surface area contributed by atoms with Crippen molar-refractivity contribution in [2.45, 2.75) is 18.6 Å². The number of halogens is 1. The lowest BCUT2D eigenvalue weighted by Gasteiger charge is -2.06. The van der Waals surface area contributed by atoms with Gasteiger partial charge in [-0.25, -0.2) is 9.67 Å². The van der Waals surface area contributed by atoms with Gasteiger partial charge in [0.25, 0.3) is 5.56 Å². The number of rotatable bonds is 6. The molecular weight excluding hydrogens is 422 g/mol. The molecule has 9 heteroatoms. The van der Waals surface area contributed by atoms with E-state index in [2.05, 4.69) is 20.4 Å². The average molecular weight is 440 g/mol. The van der Waals surface area contributed by atoms with Crippen molar-refractivity contribution >= 4 is 40.3 Å². The second kappa shape index (κ2) is 8.73. The molecule has 0 unspecified atom stereocenters. The number of thioether (sulfide) groups is 1. The molecule has 0 aliphatic carbocycles. The van der Waals surface area contributed by atoms with Crippen molar-refractivity contribution in [2.24, 2.45) is 0 Å². The van der Waals surface area contributed by atoms with Crippen LogP contribution < -0.4 is 10.9 Å². The van der Waals surface area contributed by atoms with Crippen LogP contribution in [-0.2, 0) is 11.3 Å². The van der Waals surface area contributed by atoms with Crippen molar-refractivity contribution in [3.8, 4) is 5.69 Å². The van der Waals surface area contributed by atoms with Crippen molar-refractivity contribution in [3.63, 3.8) is 0 Å². The molecule has 1 amide bonds. The van der Waals surface area contributed by atoms with Crippen molar-refractivity contribution in [1.29, 1.82) is 0 Å². The number of amides is 1. The topological polar surface area (TPSA) is 92.7 Å². The molecule has 0 atom stereocenters. The second-order valence-corrected chi connectivity index (χ2v) is 8.10. The number of carbonyl (C=O) groups excluding carboxylic acids is 1. The van der Waals surface area contributed by atoms with E-state index in [9.17, 15) is 9.59 Å². The second-order valence-electron chi connectivity index (χ2n) is 6.70. The summed E-state index contributed by atoms with van der Waals surface area (Å²) >= 11 is 7.22. The summed E-state index contributed by atoms with van der Waals surface area (Å²) in [5, 5.41) is 8.40. The highest BCUT2D eigenvalue weighted by Gasteiger charge is 2.13. The summed E-state index contributed by atoms with van der Waals surface area (Å²) in [6, 6.07) is 15.1. The standard InChI is InChI=1S/C21H18ClN5O2S/c1-13-5-7-14(8-6-13)10-23-18(28)12-30-21-25-19-17(20(29)26-21)11-24-27(19)16-4-2-3-15(22)9-16/h2-9,11H,10,12H2,1H3,(H,23,28)(H,25,26,29). The third-order valence-corrected chi connectivity index (χ3v) is 5.53. The molecule has 30 heavy (non-hydrogen) atoms. The molecule has 2 aromatic heterocycles. The summed E-state index contributed by atoms with van der Waals surface area (Å²) in [4.78, 5) is 31.8. The molecule has 0 spiro atoms. The molecule has 152 valence electrons. The maximum atomic E-state index is 12.4. The Morgan fingerprint density at radius 3 is 2.80 bits per heavy atom. The van der Waals surface area contributed by atoms with Gasteiger partial charge in [-0.1, -0.05) is 59.3 Å². The normalized spacial score (nSPS) is 11.0. The van der Waals surface area contributed by atoms with Crippen LogP contribution in [0.15, 0.2) is 64.7 Å². The lowest BCUT2D eigenvalue weighted by atomic mass is 10.1. The van der Waals surface area contributed by atoms with Crippen LogP contribution in [0.1, 0.15) is 11.1 Å². The number of carbonyl (C=O) groups is 1. The summed E-state index contributed by atoms with van der Waals surface area (Å²) in [5.41, 5.74) is 2.99. The van der Waals surface area contributed by atoms with Gasteiger partial charge < -0.3 is 10.3 Å². The maximum absolute atomic E-state index is 12.4. The number of aromatic nitrogens is 4. The largest absolute Gasteiger partial charge is 0.351 e. The Labute approximate surface area is 181 Å². The molecule has 0 fully saturated rings. The van der Waals surface area contributed by atoms with E-state index in [0.29, 0.717) is 33.4 Å². The molecule has 4 aromatic rings. The van der Waals surface area contributed by atoms with Gasteiger partial charge in [0.05, 0.1) is 17.6 Å². The fourth-order valence-electron chi connectivity index (χ4n) is 2.86. The highest BCUT2D eigenvalue weighted by Crippen LogP contribution is 2.20. The zero-order valence-electron chi connectivity index (χ0n) is 16.1. The Bertz CT molecular complexity index is 1270. The van der Waals surface area contributed by atoms with Gasteiger partial charge in [-0.05, 0) is 30.7 Å². The summed E-state index contributed by atoms with van der Waals surface area (Å²) in [6.45, 7) is 2.46. The van der Waals surface area contributed by atoms with Gasteiger partial charge in [0.1, 0.15) is 5.39 Å². The number of aryl methyl sites for hydroxylation is 1. The number of hydrogen-bond acceptors (Lipinski definition) is 5. The van der Waals surface area contributed by atoms with Gasteiger partial charge in [-0.3, -0.25) is 9.59 Å². The van der Waals surface area contributed by atoms with Crippen LogP contribution in [0.2, 0.25) is 5.02 Å². The molecular formula is C21H18ClN5O2S. The van der Waals surface area contributed by atoms with Crippen LogP contribution in [0.4, 0.5) is 0 Å². The van der Waals surface area contributed by atoms with Gasteiger partial charge in [0, 0.05) is 11.6 Å². The van der Waals surface area contributed by atoms with Crippen LogP contribution in [0, 0.1) is 6.92 Å². The Balaban J connectivity index is 1.47. The van der Waals surface area contributed by atoms with E-state index in [1.165, 1.54) is 11.8 Å². The number of nitrogens with zero attached hydrogens (tertiary/aromatic N) is 3. The highest BCUT2D eigenvalue weighted by molar-refractivity contribution is 7.99. The maximum Gasteiger partial charge on any atom is 0.262 e. The van der Waals surface area contributed by atoms with Gasteiger partial charge >= 0.3 is 0 Å². The smallest absolute Gasteiger partial charge is 0.262 e. The number of hydrogen-bond donors (Lipinski definition) is 2. The van der Waals surface area contributed by atoms with Gasteiger partial charge in [-0.15, -0.1) is 0 Å². The average Bonchev–Trinajstić information content (AvgIpc) is 3.16. The van der Waals surface area contributed by atoms with Crippen molar-refractivity contribution < 1.29 is 4.79 Å². The molecule has 0 radical (unpaired) electrons. The molecule has 0 saturated carbocycles. The summed E-state index contributed by atoms with van der Waals surface area (Å²) < 4.78 is 1.55. The zero-order valence-corrected chi connectivity index (χ0v) is 17.6. The van der Waals surface area contributed by atoms with E-state index in [-0.39, 0.29) is 17.2 Å². The number of fused-ring (bicyclic) bond motifs is 1. The summed E-state index contributed by atoms with van der Waals surface area (Å²) in [6.07, 6.45) is 1.46. The van der Waals surface area contributed by atoms with E-state index >= 15 is 0 Å². The minimum Gasteiger partial charge on any atom is -0.351 e. The SMILES string of the molecule is Cc1ccc(CNC(=O)CSc2nc3c(cnn3-c3cccc(Cl)c3)c(=O)[nH]2)cc1. The third kappa shape index (κ3) is 4.55. The lowest BCUT2D eigenvalue weighted by Crippen LogP contribution is -2.24. The Kier molecular flexibility index (Phi) is 5.87. The Hall–Kier alpha value is -3.10. The number of nitrogens with one attached hydrogen (secondary N) is 2. The van der Waals surface area contributed by atoms with E-state index in [0.717, 1.165) is 17.3 Å². The quantitative estimate of drug-likeness (QED) is 0.354. The van der Waals surface area contributed by atoms with Crippen LogP contribution >= 0.6 is 23.4 Å². The number of benzene rings is 2. The Morgan fingerprint density at radius 1 is 1.23 bits per heavy atom. The third-order valence-electron chi connectivity index (χ3n) is 4.42. The minimum atomic E-state index is -0.309. The van der Waals surface area contributed by atoms with E-state index in [4.69, 9.17) is 11.6 Å². The van der Waals surface area contributed by atoms with Crippen LogP contribution in [0.25, 0.3) is 16.7 Å². The molecule has 0 bridgehead atoms. The monoisotopic (exact) mass is 439 g/mol. The Morgan fingerprint density at radius 2 is 2.03 bits per heavy atom. The molecule has 0 aliphatic rings. The minimum absolute atomic E-state index is 0.131. The number of H-pyrrole nitrogens is 1. The first-order valence-electron chi connectivity index (χ1n) is 9.18. The molecule has 2 N–H and O–H groups in total. The van der Waals surface area contributed by atoms with Crippen molar-refractivity contribution in [3.05, 3.63) is 81.2 Å². The molecule has 0 saturated heterocycles. The number of aromatic amines is 1. The van der Waals surface area contributed by atoms with Crippen LogP contribution in [0.5, 0.6) is 0 Å². The van der Waals surface area contributed by atoms with E-state index in [1.807, 2.05) is 37.3 Å². The van der Waals surface area contributed by atoms with Crippen LogP contribution in [-0.4, -0.2) is 31.4 Å². The molecule has 2 aromatic carbocycles.